The number of ether oxygens (including phenoxy) is 2. The third-order valence-corrected chi connectivity index (χ3v) is 5.77. The van der Waals surface area contributed by atoms with Crippen molar-refractivity contribution < 1.29 is 14.3 Å². The molecule has 3 rings (SSSR count). The average molecular weight is 406 g/mol. The van der Waals surface area contributed by atoms with Crippen LogP contribution in [0.3, 0.4) is 0 Å². The van der Waals surface area contributed by atoms with Gasteiger partial charge in [-0.3, -0.25) is 0 Å². The fraction of sp³-hybridized carbons (Fsp3) is 0.381. The molecule has 0 saturated heterocycles. The Balaban J connectivity index is 1.71. The Morgan fingerprint density at radius 2 is 2.07 bits per heavy atom. The van der Waals surface area contributed by atoms with Gasteiger partial charge in [0.15, 0.2) is 5.56 Å². The fourth-order valence-electron chi connectivity index (χ4n) is 3.06. The second-order valence-electron chi connectivity index (χ2n) is 6.55. The monoisotopic (exact) mass is 405 g/mol. The highest BCUT2D eigenvalue weighted by Crippen LogP contribution is 2.33. The fourth-order valence-corrected chi connectivity index (χ4v) is 4.15. The average Bonchev–Trinajstić information content (AvgIpc) is 3.19. The smallest absolute Gasteiger partial charge is 0.410 e. The molecule has 0 radical (unpaired) electrons. The molecule has 2 unspecified atom stereocenters. The van der Waals surface area contributed by atoms with Crippen molar-refractivity contribution in [3.8, 4) is 5.75 Å². The van der Waals surface area contributed by atoms with E-state index in [2.05, 4.69) is 29.7 Å². The molecule has 6 heteroatoms. The van der Waals surface area contributed by atoms with Gasteiger partial charge < -0.3 is 14.4 Å². The maximum Gasteiger partial charge on any atom is 0.410 e. The number of carbonyl (C=O) groups excluding carboxylic acids is 1. The first-order valence-electron chi connectivity index (χ1n) is 9.05. The Kier molecular flexibility index (Phi) is 6.91. The Hall–Kier alpha value is -1.85. The van der Waals surface area contributed by atoms with Gasteiger partial charge in [-0.05, 0) is 30.2 Å². The van der Waals surface area contributed by atoms with Crippen LogP contribution < -0.4 is 4.74 Å². The summed E-state index contributed by atoms with van der Waals surface area (Å²) in [5.41, 5.74) is -0.641. The van der Waals surface area contributed by atoms with Crippen LogP contribution in [0.2, 0.25) is 0 Å². The maximum absolute atomic E-state index is 12.0. The summed E-state index contributed by atoms with van der Waals surface area (Å²) in [5, 5.41) is 4.71. The van der Waals surface area contributed by atoms with Crippen LogP contribution in [0, 0.1) is 0 Å². The van der Waals surface area contributed by atoms with Gasteiger partial charge in [0.2, 0.25) is 0 Å². The van der Waals surface area contributed by atoms with Crippen molar-refractivity contribution in [2.24, 2.45) is 0 Å². The molecular formula is C21H24ClNO3S. The van der Waals surface area contributed by atoms with E-state index < -0.39 is 11.7 Å². The molecule has 0 N–H and O–H groups in total. The normalized spacial score (nSPS) is 18.3. The lowest BCUT2D eigenvalue weighted by Gasteiger charge is -2.27. The van der Waals surface area contributed by atoms with Crippen molar-refractivity contribution in [2.75, 3.05) is 13.6 Å². The number of benzene rings is 2. The zero-order valence-corrected chi connectivity index (χ0v) is 17.1. The van der Waals surface area contributed by atoms with Crippen LogP contribution in [0.25, 0.3) is 10.8 Å². The predicted octanol–water partition coefficient (Wildman–Crippen LogP) is 5.65. The van der Waals surface area contributed by atoms with Gasteiger partial charge in [0, 0.05) is 30.6 Å². The lowest BCUT2D eigenvalue weighted by atomic mass is 10.1. The summed E-state index contributed by atoms with van der Waals surface area (Å²) < 4.78 is 11.5. The minimum Gasteiger partial charge on any atom is -0.489 e. The minimum atomic E-state index is -0.641. The molecule has 0 saturated carbocycles. The van der Waals surface area contributed by atoms with Crippen molar-refractivity contribution in [1.82, 2.24) is 4.90 Å². The summed E-state index contributed by atoms with van der Waals surface area (Å²) in [5.74, 6) is 0.880. The molecule has 1 heterocycles. The molecule has 27 heavy (non-hydrogen) atoms. The van der Waals surface area contributed by atoms with Crippen molar-refractivity contribution in [2.45, 2.75) is 36.7 Å². The Morgan fingerprint density at radius 3 is 2.81 bits per heavy atom. The van der Waals surface area contributed by atoms with Crippen molar-refractivity contribution in [1.29, 1.82) is 0 Å². The summed E-state index contributed by atoms with van der Waals surface area (Å²) in [6, 6.07) is 14.3. The highest BCUT2D eigenvalue weighted by molar-refractivity contribution is 8.03. The molecule has 2 aromatic carbocycles. The Morgan fingerprint density at radius 1 is 1.30 bits per heavy atom. The molecule has 1 amide bonds. The largest absolute Gasteiger partial charge is 0.489 e. The van der Waals surface area contributed by atoms with Crippen LogP contribution in [-0.4, -0.2) is 41.5 Å². The van der Waals surface area contributed by atoms with Crippen LogP contribution in [-0.2, 0) is 4.74 Å². The number of fused-ring (bicyclic) bond motifs is 1. The molecule has 0 aliphatic carbocycles. The molecule has 0 bridgehead atoms. The van der Waals surface area contributed by atoms with E-state index in [-0.39, 0.29) is 6.10 Å². The van der Waals surface area contributed by atoms with E-state index in [0.29, 0.717) is 18.2 Å². The second-order valence-corrected chi connectivity index (χ2v) is 8.32. The quantitative estimate of drug-likeness (QED) is 0.558. The molecule has 3 atom stereocenters. The van der Waals surface area contributed by atoms with Gasteiger partial charge in [0.25, 0.3) is 0 Å². The van der Waals surface area contributed by atoms with Crippen molar-refractivity contribution in [3.63, 3.8) is 0 Å². The van der Waals surface area contributed by atoms with Gasteiger partial charge in [0.05, 0.1) is 0 Å². The molecule has 1 aliphatic heterocycles. The van der Waals surface area contributed by atoms with Crippen LogP contribution in [0.5, 0.6) is 5.75 Å². The summed E-state index contributed by atoms with van der Waals surface area (Å²) in [4.78, 5) is 13.5. The SMILES string of the molecule is CC(Cl)OC(=O)N(C)CC[C@H](Oc1cccc2ccccc12)C1CC=CS1. The number of hydrogen-bond donors (Lipinski definition) is 0. The van der Waals surface area contributed by atoms with E-state index in [1.807, 2.05) is 24.3 Å². The third kappa shape index (κ3) is 5.33. The first-order chi connectivity index (χ1) is 13.0. The third-order valence-electron chi connectivity index (χ3n) is 4.48. The molecule has 0 aromatic heterocycles. The van der Waals surface area contributed by atoms with Gasteiger partial charge in [-0.15, -0.1) is 11.8 Å². The molecule has 1 aliphatic rings. The van der Waals surface area contributed by atoms with E-state index in [1.54, 1.807) is 30.6 Å². The van der Waals surface area contributed by atoms with E-state index >= 15 is 0 Å². The van der Waals surface area contributed by atoms with E-state index in [1.165, 1.54) is 0 Å². The van der Waals surface area contributed by atoms with E-state index in [0.717, 1.165) is 22.9 Å². The number of allylic oxidation sites excluding steroid dienone is 1. The van der Waals surface area contributed by atoms with Crippen LogP contribution in [0.4, 0.5) is 4.79 Å². The van der Waals surface area contributed by atoms with Crippen LogP contribution in [0.1, 0.15) is 19.8 Å². The number of alkyl halides is 1. The zero-order chi connectivity index (χ0) is 19.2. The van der Waals surface area contributed by atoms with Gasteiger partial charge >= 0.3 is 6.09 Å². The topological polar surface area (TPSA) is 38.8 Å². The van der Waals surface area contributed by atoms with Crippen LogP contribution >= 0.6 is 23.4 Å². The van der Waals surface area contributed by atoms with Gasteiger partial charge in [0.1, 0.15) is 11.9 Å². The molecule has 144 valence electrons. The number of amides is 1. The summed E-state index contributed by atoms with van der Waals surface area (Å²) in [7, 11) is 1.72. The first-order valence-corrected chi connectivity index (χ1v) is 10.4. The Labute approximate surface area is 169 Å². The van der Waals surface area contributed by atoms with Crippen molar-refractivity contribution >= 4 is 40.2 Å². The minimum absolute atomic E-state index is 0.0144. The van der Waals surface area contributed by atoms with E-state index in [9.17, 15) is 4.79 Å². The molecule has 2 aromatic rings. The van der Waals surface area contributed by atoms with Crippen LogP contribution in [0.15, 0.2) is 53.9 Å². The maximum atomic E-state index is 12.0. The molecule has 4 nitrogen and oxygen atoms in total. The molecule has 0 spiro atoms. The molecular weight excluding hydrogens is 382 g/mol. The molecule has 0 fully saturated rings. The van der Waals surface area contributed by atoms with Gasteiger partial charge in [-0.1, -0.05) is 54.1 Å². The predicted molar refractivity (Wildman–Crippen MR) is 113 cm³/mol. The number of halogens is 1. The van der Waals surface area contributed by atoms with Crippen molar-refractivity contribution in [3.05, 3.63) is 53.9 Å². The number of thioether (sulfide) groups is 1. The number of carbonyl (C=O) groups is 1. The first kappa shape index (κ1) is 19.9. The number of nitrogens with zero attached hydrogens (tertiary/aromatic N) is 1. The van der Waals surface area contributed by atoms with E-state index in [4.69, 9.17) is 21.1 Å². The van der Waals surface area contributed by atoms with Gasteiger partial charge in [-0.25, -0.2) is 4.79 Å². The summed E-state index contributed by atoms with van der Waals surface area (Å²) in [6.45, 7) is 2.16. The zero-order valence-electron chi connectivity index (χ0n) is 15.5. The Bertz CT molecular complexity index is 798. The highest BCUT2D eigenvalue weighted by Gasteiger charge is 2.26. The number of rotatable bonds is 7. The van der Waals surface area contributed by atoms with Gasteiger partial charge in [-0.2, -0.15) is 0 Å². The summed E-state index contributed by atoms with van der Waals surface area (Å²) >= 11 is 7.52. The lowest BCUT2D eigenvalue weighted by Crippen LogP contribution is -2.36. The summed E-state index contributed by atoms with van der Waals surface area (Å²) in [6.07, 6.45) is 3.41. The second kappa shape index (κ2) is 9.38. The highest BCUT2D eigenvalue weighted by atomic mass is 35.5. The lowest BCUT2D eigenvalue weighted by molar-refractivity contribution is 0.0974. The number of hydrogen-bond acceptors (Lipinski definition) is 4. The standard InChI is InChI=1S/C21H24ClNO3S/c1-15(22)25-21(24)23(2)13-12-19(20-11-6-14-27-20)26-18-10-5-8-16-7-3-4-9-17(16)18/h3-10,14-15,19-20H,11-13H2,1-2H3/t15?,19-,20?/m0/s1.